The lowest BCUT2D eigenvalue weighted by molar-refractivity contribution is 0.101. The van der Waals surface area contributed by atoms with Gasteiger partial charge in [-0.05, 0) is 50.1 Å². The Labute approximate surface area is 176 Å². The van der Waals surface area contributed by atoms with E-state index in [0.29, 0.717) is 11.3 Å². The molecule has 1 saturated carbocycles. The van der Waals surface area contributed by atoms with E-state index in [4.69, 9.17) is 4.74 Å². The van der Waals surface area contributed by atoms with E-state index in [0.717, 1.165) is 32.1 Å². The number of carbonyl (C=O) groups is 2. The first-order chi connectivity index (χ1) is 14.3. The smallest absolute Gasteiger partial charge is 0.255 e. The number of ketones is 1. The molecule has 0 saturated heterocycles. The van der Waals surface area contributed by atoms with Crippen molar-refractivity contribution < 1.29 is 22.7 Å². The summed E-state index contributed by atoms with van der Waals surface area (Å²) in [5.41, 5.74) is 1.10. The minimum absolute atomic E-state index is 0.0688. The lowest BCUT2D eigenvalue weighted by atomic mass is 9.96. The summed E-state index contributed by atoms with van der Waals surface area (Å²) in [5, 5.41) is 2.70. The zero-order valence-corrected chi connectivity index (χ0v) is 17.9. The van der Waals surface area contributed by atoms with Crippen molar-refractivity contribution >= 4 is 27.4 Å². The molecule has 0 spiro atoms. The fourth-order valence-electron chi connectivity index (χ4n) is 3.55. The number of methoxy groups -OCH3 is 1. The molecule has 0 bridgehead atoms. The Morgan fingerprint density at radius 3 is 2.40 bits per heavy atom. The Morgan fingerprint density at radius 2 is 1.73 bits per heavy atom. The molecule has 3 rings (SSSR count). The number of nitrogens with one attached hydrogen (secondary N) is 2. The fraction of sp³-hybridized carbons (Fsp3) is 0.364. The molecule has 2 N–H and O–H groups in total. The van der Waals surface area contributed by atoms with Crippen molar-refractivity contribution in [2.75, 3.05) is 12.4 Å². The SMILES string of the molecule is COc1ccc(C(=O)Nc2cccc(C(C)=O)c2)cc1S(=O)(=O)NC1CCCCC1. The summed E-state index contributed by atoms with van der Waals surface area (Å²) in [6, 6.07) is 10.7. The minimum atomic E-state index is -3.85. The Hall–Kier alpha value is -2.71. The highest BCUT2D eigenvalue weighted by molar-refractivity contribution is 7.89. The molecule has 1 aliphatic carbocycles. The van der Waals surface area contributed by atoms with Gasteiger partial charge in [0.15, 0.2) is 5.78 Å². The van der Waals surface area contributed by atoms with Crippen LogP contribution in [-0.2, 0) is 10.0 Å². The highest BCUT2D eigenvalue weighted by Gasteiger charge is 2.26. The quantitative estimate of drug-likeness (QED) is 0.651. The number of Topliss-reactive ketones (excluding diaryl/α,β-unsaturated/α-hetero) is 1. The molecule has 7 nitrogen and oxygen atoms in total. The van der Waals surface area contributed by atoms with Gasteiger partial charge in [-0.3, -0.25) is 9.59 Å². The third-order valence-corrected chi connectivity index (χ3v) is 6.71. The van der Waals surface area contributed by atoms with Crippen molar-refractivity contribution in [1.82, 2.24) is 4.72 Å². The summed E-state index contributed by atoms with van der Waals surface area (Å²) in [6.45, 7) is 1.45. The maximum absolute atomic E-state index is 13.0. The Balaban J connectivity index is 1.85. The molecule has 0 heterocycles. The number of rotatable bonds is 7. The predicted octanol–water partition coefficient (Wildman–Crippen LogP) is 3.76. The predicted molar refractivity (Wildman–Crippen MR) is 115 cm³/mol. The van der Waals surface area contributed by atoms with Gasteiger partial charge in [0.1, 0.15) is 10.6 Å². The van der Waals surface area contributed by atoms with Gasteiger partial charge in [-0.15, -0.1) is 0 Å². The number of ether oxygens (including phenoxy) is 1. The number of anilines is 1. The van der Waals surface area contributed by atoms with Crippen molar-refractivity contribution in [3.8, 4) is 5.75 Å². The molecule has 2 aromatic carbocycles. The molecule has 1 amide bonds. The molecule has 0 aromatic heterocycles. The first-order valence-corrected chi connectivity index (χ1v) is 11.4. The summed E-state index contributed by atoms with van der Waals surface area (Å²) in [7, 11) is -2.46. The lowest BCUT2D eigenvalue weighted by Gasteiger charge is -2.23. The minimum Gasteiger partial charge on any atom is -0.495 e. The van der Waals surface area contributed by atoms with Gasteiger partial charge in [0.2, 0.25) is 10.0 Å². The number of carbonyl (C=O) groups excluding carboxylic acids is 2. The van der Waals surface area contributed by atoms with E-state index in [2.05, 4.69) is 10.0 Å². The van der Waals surface area contributed by atoms with E-state index >= 15 is 0 Å². The van der Waals surface area contributed by atoms with Crippen LogP contribution >= 0.6 is 0 Å². The second-order valence-electron chi connectivity index (χ2n) is 7.41. The Morgan fingerprint density at radius 1 is 1.00 bits per heavy atom. The average Bonchev–Trinajstić information content (AvgIpc) is 2.73. The van der Waals surface area contributed by atoms with Gasteiger partial charge in [-0.1, -0.05) is 31.4 Å². The van der Waals surface area contributed by atoms with Crippen molar-refractivity contribution in [2.24, 2.45) is 0 Å². The molecule has 1 fully saturated rings. The molecule has 1 aliphatic rings. The van der Waals surface area contributed by atoms with E-state index in [1.54, 1.807) is 24.3 Å². The molecule has 160 valence electrons. The van der Waals surface area contributed by atoms with Gasteiger partial charge in [-0.25, -0.2) is 13.1 Å². The third-order valence-electron chi connectivity index (χ3n) is 5.17. The highest BCUT2D eigenvalue weighted by Crippen LogP contribution is 2.27. The lowest BCUT2D eigenvalue weighted by Crippen LogP contribution is -2.36. The van der Waals surface area contributed by atoms with Gasteiger partial charge in [-0.2, -0.15) is 0 Å². The van der Waals surface area contributed by atoms with E-state index in [1.807, 2.05) is 0 Å². The van der Waals surface area contributed by atoms with E-state index in [9.17, 15) is 18.0 Å². The zero-order chi connectivity index (χ0) is 21.7. The molecule has 8 heteroatoms. The number of benzene rings is 2. The van der Waals surface area contributed by atoms with Crippen LogP contribution in [0.1, 0.15) is 59.7 Å². The number of hydrogen-bond acceptors (Lipinski definition) is 5. The van der Waals surface area contributed by atoms with Crippen molar-refractivity contribution in [2.45, 2.75) is 50.0 Å². The van der Waals surface area contributed by atoms with Crippen molar-refractivity contribution in [3.63, 3.8) is 0 Å². The summed E-state index contributed by atoms with van der Waals surface area (Å²) in [6.07, 6.45) is 4.70. The maximum Gasteiger partial charge on any atom is 0.255 e. The molecule has 30 heavy (non-hydrogen) atoms. The third kappa shape index (κ3) is 5.25. The number of sulfonamides is 1. The molecule has 0 atom stereocenters. The van der Waals surface area contributed by atoms with Gasteiger partial charge < -0.3 is 10.1 Å². The van der Waals surface area contributed by atoms with Crippen LogP contribution in [0.15, 0.2) is 47.4 Å². The molecule has 0 radical (unpaired) electrons. The first-order valence-electron chi connectivity index (χ1n) is 9.93. The van der Waals surface area contributed by atoms with E-state index in [1.165, 1.54) is 32.2 Å². The Bertz CT molecular complexity index is 1040. The van der Waals surface area contributed by atoms with Crippen molar-refractivity contribution in [3.05, 3.63) is 53.6 Å². The average molecular weight is 431 g/mol. The fourth-order valence-corrected chi connectivity index (χ4v) is 5.05. The highest BCUT2D eigenvalue weighted by atomic mass is 32.2. The van der Waals surface area contributed by atoms with Crippen LogP contribution in [0.2, 0.25) is 0 Å². The van der Waals surface area contributed by atoms with Gasteiger partial charge in [0.25, 0.3) is 5.91 Å². The monoisotopic (exact) mass is 430 g/mol. The second kappa shape index (κ2) is 9.40. The summed E-state index contributed by atoms with van der Waals surface area (Å²) in [4.78, 5) is 24.2. The Kier molecular flexibility index (Phi) is 6.89. The van der Waals surface area contributed by atoms with Gasteiger partial charge in [0, 0.05) is 22.9 Å². The van der Waals surface area contributed by atoms with Gasteiger partial charge in [0.05, 0.1) is 7.11 Å². The van der Waals surface area contributed by atoms with E-state index < -0.39 is 15.9 Å². The topological polar surface area (TPSA) is 102 Å². The zero-order valence-electron chi connectivity index (χ0n) is 17.1. The van der Waals surface area contributed by atoms with Crippen molar-refractivity contribution in [1.29, 1.82) is 0 Å². The standard InChI is InChI=1S/C22H26N2O5S/c1-15(25)16-7-6-10-19(13-16)23-22(26)17-11-12-20(29-2)21(14-17)30(27,28)24-18-8-4-3-5-9-18/h6-7,10-14,18,24H,3-5,8-9H2,1-2H3,(H,23,26). The molecular formula is C22H26N2O5S. The summed E-state index contributed by atoms with van der Waals surface area (Å²) in [5.74, 6) is -0.418. The van der Waals surface area contributed by atoms with Gasteiger partial charge >= 0.3 is 0 Å². The summed E-state index contributed by atoms with van der Waals surface area (Å²) < 4.78 is 33.9. The van der Waals surface area contributed by atoms with Crippen LogP contribution in [0.3, 0.4) is 0 Å². The molecular weight excluding hydrogens is 404 g/mol. The summed E-state index contributed by atoms with van der Waals surface area (Å²) >= 11 is 0. The molecule has 2 aromatic rings. The van der Waals surface area contributed by atoms with E-state index in [-0.39, 0.29) is 28.0 Å². The molecule has 0 unspecified atom stereocenters. The first kappa shape index (κ1) is 22.0. The van der Waals surface area contributed by atoms with Crippen LogP contribution in [-0.4, -0.2) is 33.3 Å². The van der Waals surface area contributed by atoms with Crippen LogP contribution < -0.4 is 14.8 Å². The van der Waals surface area contributed by atoms with Crippen LogP contribution in [0, 0.1) is 0 Å². The second-order valence-corrected chi connectivity index (χ2v) is 9.10. The van der Waals surface area contributed by atoms with Crippen LogP contribution in [0.4, 0.5) is 5.69 Å². The van der Waals surface area contributed by atoms with Crippen LogP contribution in [0.5, 0.6) is 5.75 Å². The largest absolute Gasteiger partial charge is 0.495 e. The maximum atomic E-state index is 13.0. The normalized spacial score (nSPS) is 14.9. The number of hydrogen-bond donors (Lipinski definition) is 2. The van der Waals surface area contributed by atoms with Crippen LogP contribution in [0.25, 0.3) is 0 Å². The molecule has 0 aliphatic heterocycles. The number of amides is 1.